The van der Waals surface area contributed by atoms with Crippen molar-refractivity contribution in [3.63, 3.8) is 0 Å². The summed E-state index contributed by atoms with van der Waals surface area (Å²) < 4.78 is 0. The third-order valence-corrected chi connectivity index (χ3v) is 4.79. The van der Waals surface area contributed by atoms with Crippen LogP contribution in [0.3, 0.4) is 0 Å². The molecule has 2 N–H and O–H groups in total. The molecule has 0 radical (unpaired) electrons. The topological polar surface area (TPSA) is 32.3 Å². The Morgan fingerprint density at radius 2 is 2.00 bits per heavy atom. The first-order chi connectivity index (χ1) is 9.06. The highest BCUT2D eigenvalue weighted by molar-refractivity contribution is 6.33. The number of aliphatic hydroxyl groups is 1. The molecule has 1 saturated carbocycles. The van der Waals surface area contributed by atoms with E-state index in [-0.39, 0.29) is 18.1 Å². The average Bonchev–Trinajstić information content (AvgIpc) is 2.88. The molecule has 0 aromatic heterocycles. The van der Waals surface area contributed by atoms with Gasteiger partial charge in [-0.2, -0.15) is 0 Å². The van der Waals surface area contributed by atoms with Crippen molar-refractivity contribution in [2.24, 2.45) is 5.41 Å². The zero-order valence-electron chi connectivity index (χ0n) is 11.3. The van der Waals surface area contributed by atoms with Gasteiger partial charge in [0.2, 0.25) is 0 Å². The van der Waals surface area contributed by atoms with Gasteiger partial charge in [-0.3, -0.25) is 0 Å². The highest BCUT2D eigenvalue weighted by Crippen LogP contribution is 2.37. The van der Waals surface area contributed by atoms with Crippen molar-refractivity contribution in [2.75, 3.05) is 13.2 Å². The lowest BCUT2D eigenvalue weighted by Crippen LogP contribution is -2.36. The summed E-state index contributed by atoms with van der Waals surface area (Å²) in [6, 6.07) is 5.67. The molecule has 0 saturated heterocycles. The van der Waals surface area contributed by atoms with Crippen molar-refractivity contribution < 1.29 is 5.11 Å². The Labute approximate surface area is 125 Å². The average molecular weight is 302 g/mol. The summed E-state index contributed by atoms with van der Waals surface area (Å²) in [4.78, 5) is 0. The second-order valence-electron chi connectivity index (χ2n) is 5.63. The molecule has 4 heteroatoms. The van der Waals surface area contributed by atoms with Crippen molar-refractivity contribution >= 4 is 23.2 Å². The lowest BCUT2D eigenvalue weighted by molar-refractivity contribution is 0.125. The van der Waals surface area contributed by atoms with Crippen LogP contribution < -0.4 is 5.32 Å². The summed E-state index contributed by atoms with van der Waals surface area (Å²) >= 11 is 12.2. The Kier molecular flexibility index (Phi) is 5.13. The van der Waals surface area contributed by atoms with E-state index < -0.39 is 0 Å². The standard InChI is InChI=1S/C15H21Cl2NO/c1-11(13-8-12(16)4-5-14(13)17)18-9-15(10-19)6-2-3-7-15/h4-5,8,11,18-19H,2-3,6-7,9-10H2,1H3. The van der Waals surface area contributed by atoms with Gasteiger partial charge in [-0.25, -0.2) is 0 Å². The Morgan fingerprint density at radius 3 is 2.63 bits per heavy atom. The van der Waals surface area contributed by atoms with Crippen LogP contribution in [-0.2, 0) is 0 Å². The number of hydrogen-bond donors (Lipinski definition) is 2. The van der Waals surface area contributed by atoms with Crippen molar-refractivity contribution in [1.82, 2.24) is 5.32 Å². The number of hydrogen-bond acceptors (Lipinski definition) is 2. The molecule has 0 amide bonds. The van der Waals surface area contributed by atoms with Gasteiger partial charge in [-0.15, -0.1) is 0 Å². The Bertz CT molecular complexity index is 430. The van der Waals surface area contributed by atoms with E-state index in [0.29, 0.717) is 5.02 Å². The van der Waals surface area contributed by atoms with Crippen LogP contribution in [0, 0.1) is 5.41 Å². The van der Waals surface area contributed by atoms with E-state index in [4.69, 9.17) is 23.2 Å². The largest absolute Gasteiger partial charge is 0.396 e. The van der Waals surface area contributed by atoms with Crippen LogP contribution in [0.5, 0.6) is 0 Å². The van der Waals surface area contributed by atoms with E-state index in [9.17, 15) is 5.11 Å². The predicted octanol–water partition coefficient (Wildman–Crippen LogP) is 4.20. The third-order valence-electron chi connectivity index (χ3n) is 4.21. The van der Waals surface area contributed by atoms with Crippen LogP contribution >= 0.6 is 23.2 Å². The molecule has 2 nitrogen and oxygen atoms in total. The minimum Gasteiger partial charge on any atom is -0.396 e. The molecule has 0 bridgehead atoms. The molecule has 2 rings (SSSR count). The van der Waals surface area contributed by atoms with Crippen molar-refractivity contribution in [3.8, 4) is 0 Å². The summed E-state index contributed by atoms with van der Waals surface area (Å²) in [6.07, 6.45) is 4.64. The maximum absolute atomic E-state index is 9.61. The lowest BCUT2D eigenvalue weighted by Gasteiger charge is -2.29. The molecule has 1 aromatic rings. The quantitative estimate of drug-likeness (QED) is 0.854. The lowest BCUT2D eigenvalue weighted by atomic mass is 9.87. The summed E-state index contributed by atoms with van der Waals surface area (Å²) in [5, 5.41) is 14.5. The minimum atomic E-state index is 0.0549. The maximum atomic E-state index is 9.61. The van der Waals surface area contributed by atoms with Gasteiger partial charge >= 0.3 is 0 Å². The van der Waals surface area contributed by atoms with Gasteiger partial charge in [0.15, 0.2) is 0 Å². The molecule has 1 unspecified atom stereocenters. The first kappa shape index (κ1) is 15.1. The Morgan fingerprint density at radius 1 is 1.32 bits per heavy atom. The fourth-order valence-corrected chi connectivity index (χ4v) is 3.30. The van der Waals surface area contributed by atoms with Crippen molar-refractivity contribution in [1.29, 1.82) is 0 Å². The molecule has 0 spiro atoms. The Hall–Kier alpha value is -0.280. The molecular weight excluding hydrogens is 281 g/mol. The summed E-state index contributed by atoms with van der Waals surface area (Å²) in [5.74, 6) is 0. The van der Waals surface area contributed by atoms with E-state index in [1.165, 1.54) is 12.8 Å². The number of halogens is 2. The zero-order chi connectivity index (χ0) is 13.9. The van der Waals surface area contributed by atoms with E-state index in [1.54, 1.807) is 6.07 Å². The summed E-state index contributed by atoms with van der Waals surface area (Å²) in [7, 11) is 0. The van der Waals surface area contributed by atoms with E-state index in [2.05, 4.69) is 12.2 Å². The minimum absolute atomic E-state index is 0.0549. The molecule has 1 fully saturated rings. The fraction of sp³-hybridized carbons (Fsp3) is 0.600. The second-order valence-corrected chi connectivity index (χ2v) is 6.48. The smallest absolute Gasteiger partial charge is 0.0499 e. The normalized spacial score (nSPS) is 19.6. The van der Waals surface area contributed by atoms with Crippen LogP contribution in [0.25, 0.3) is 0 Å². The monoisotopic (exact) mass is 301 g/mol. The molecule has 1 aromatic carbocycles. The van der Waals surface area contributed by atoms with Crippen LogP contribution in [0.2, 0.25) is 10.0 Å². The number of nitrogens with one attached hydrogen (secondary N) is 1. The SMILES string of the molecule is CC(NCC1(CO)CCCC1)c1cc(Cl)ccc1Cl. The van der Waals surface area contributed by atoms with Gasteiger partial charge in [-0.05, 0) is 43.5 Å². The Balaban J connectivity index is 2.00. The molecule has 0 aliphatic heterocycles. The van der Waals surface area contributed by atoms with Crippen LogP contribution in [-0.4, -0.2) is 18.3 Å². The van der Waals surface area contributed by atoms with Crippen LogP contribution in [0.1, 0.15) is 44.2 Å². The van der Waals surface area contributed by atoms with Gasteiger partial charge in [-0.1, -0.05) is 36.0 Å². The van der Waals surface area contributed by atoms with Crippen LogP contribution in [0.15, 0.2) is 18.2 Å². The van der Waals surface area contributed by atoms with E-state index in [0.717, 1.165) is 30.0 Å². The second kappa shape index (κ2) is 6.45. The molecule has 1 aliphatic carbocycles. The molecule has 106 valence electrons. The zero-order valence-corrected chi connectivity index (χ0v) is 12.8. The van der Waals surface area contributed by atoms with Crippen molar-refractivity contribution in [2.45, 2.75) is 38.6 Å². The molecular formula is C15H21Cl2NO. The van der Waals surface area contributed by atoms with E-state index in [1.807, 2.05) is 12.1 Å². The number of benzene rings is 1. The van der Waals surface area contributed by atoms with Gasteiger partial charge in [0.25, 0.3) is 0 Å². The van der Waals surface area contributed by atoms with Gasteiger partial charge in [0.1, 0.15) is 0 Å². The first-order valence-electron chi connectivity index (χ1n) is 6.85. The first-order valence-corrected chi connectivity index (χ1v) is 7.61. The van der Waals surface area contributed by atoms with Gasteiger partial charge in [0.05, 0.1) is 0 Å². The van der Waals surface area contributed by atoms with Crippen LogP contribution in [0.4, 0.5) is 0 Å². The van der Waals surface area contributed by atoms with Gasteiger partial charge in [0, 0.05) is 34.7 Å². The highest BCUT2D eigenvalue weighted by atomic mass is 35.5. The fourth-order valence-electron chi connectivity index (χ4n) is 2.84. The molecule has 19 heavy (non-hydrogen) atoms. The number of rotatable bonds is 5. The maximum Gasteiger partial charge on any atom is 0.0499 e. The number of aliphatic hydroxyl groups excluding tert-OH is 1. The van der Waals surface area contributed by atoms with Gasteiger partial charge < -0.3 is 10.4 Å². The third kappa shape index (κ3) is 3.63. The van der Waals surface area contributed by atoms with E-state index >= 15 is 0 Å². The molecule has 1 aliphatic rings. The van der Waals surface area contributed by atoms with Crippen molar-refractivity contribution in [3.05, 3.63) is 33.8 Å². The summed E-state index contributed by atoms with van der Waals surface area (Å²) in [5.41, 5.74) is 1.07. The highest BCUT2D eigenvalue weighted by Gasteiger charge is 2.33. The molecule has 0 heterocycles. The summed E-state index contributed by atoms with van der Waals surface area (Å²) in [6.45, 7) is 3.17. The predicted molar refractivity (Wildman–Crippen MR) is 80.9 cm³/mol. The molecule has 1 atom stereocenters.